The highest BCUT2D eigenvalue weighted by molar-refractivity contribution is 7.89. The van der Waals surface area contributed by atoms with Crippen molar-refractivity contribution in [1.82, 2.24) is 5.32 Å². The number of benzene rings is 1. The van der Waals surface area contributed by atoms with Crippen LogP contribution in [0.25, 0.3) is 0 Å². The highest BCUT2D eigenvalue weighted by atomic mass is 32.2. The van der Waals surface area contributed by atoms with E-state index in [1.54, 1.807) is 0 Å². The topological polar surface area (TPSA) is 89.3 Å². The molecule has 0 fully saturated rings. The molecular formula is C12H16F2N2O3S. The van der Waals surface area contributed by atoms with Crippen molar-refractivity contribution in [1.29, 1.82) is 0 Å². The molecule has 0 aliphatic carbocycles. The maximum Gasteiger partial charge on any atom is 0.254 e. The molecule has 0 atom stereocenters. The number of nitrogens with one attached hydrogen (secondary N) is 1. The highest BCUT2D eigenvalue weighted by Gasteiger charge is 2.24. The molecule has 1 aromatic carbocycles. The van der Waals surface area contributed by atoms with Gasteiger partial charge in [-0.1, -0.05) is 20.8 Å². The minimum atomic E-state index is -4.45. The SMILES string of the molecule is CC(C)(C)CNC(=O)c1cc(F)cc(S(N)(=O)=O)c1F. The molecule has 0 aliphatic heterocycles. The van der Waals surface area contributed by atoms with Gasteiger partial charge in [-0.15, -0.1) is 0 Å². The molecule has 1 rings (SSSR count). The molecule has 0 bridgehead atoms. The summed E-state index contributed by atoms with van der Waals surface area (Å²) in [6, 6.07) is 1.06. The van der Waals surface area contributed by atoms with Gasteiger partial charge in [0.15, 0.2) is 5.82 Å². The third-order valence-corrected chi connectivity index (χ3v) is 3.24. The van der Waals surface area contributed by atoms with Gasteiger partial charge in [-0.2, -0.15) is 0 Å². The molecule has 0 saturated carbocycles. The van der Waals surface area contributed by atoms with E-state index < -0.39 is 38.0 Å². The molecule has 112 valence electrons. The fourth-order valence-electron chi connectivity index (χ4n) is 1.38. The van der Waals surface area contributed by atoms with Gasteiger partial charge in [-0.05, 0) is 17.5 Å². The van der Waals surface area contributed by atoms with E-state index in [-0.39, 0.29) is 12.0 Å². The molecule has 8 heteroatoms. The van der Waals surface area contributed by atoms with Gasteiger partial charge in [-0.25, -0.2) is 22.3 Å². The average molecular weight is 306 g/mol. The number of nitrogens with two attached hydrogens (primary N) is 1. The maximum absolute atomic E-state index is 13.9. The molecule has 0 saturated heterocycles. The summed E-state index contributed by atoms with van der Waals surface area (Å²) in [5, 5.41) is 7.18. The second-order valence-electron chi connectivity index (χ2n) is 5.55. The number of hydrogen-bond donors (Lipinski definition) is 2. The zero-order chi connectivity index (χ0) is 15.7. The number of carbonyl (C=O) groups excluding carboxylic acids is 1. The minimum Gasteiger partial charge on any atom is -0.351 e. The lowest BCUT2D eigenvalue weighted by atomic mass is 9.97. The molecule has 0 aromatic heterocycles. The Morgan fingerprint density at radius 3 is 2.30 bits per heavy atom. The van der Waals surface area contributed by atoms with Crippen LogP contribution in [0.3, 0.4) is 0 Å². The lowest BCUT2D eigenvalue weighted by molar-refractivity contribution is 0.0934. The summed E-state index contributed by atoms with van der Waals surface area (Å²) in [5.74, 6) is -3.32. The van der Waals surface area contributed by atoms with E-state index >= 15 is 0 Å². The number of hydrogen-bond acceptors (Lipinski definition) is 3. The number of primary sulfonamides is 1. The van der Waals surface area contributed by atoms with Crippen LogP contribution < -0.4 is 10.5 Å². The monoisotopic (exact) mass is 306 g/mol. The van der Waals surface area contributed by atoms with Crippen LogP contribution in [0, 0.1) is 17.0 Å². The zero-order valence-electron chi connectivity index (χ0n) is 11.3. The van der Waals surface area contributed by atoms with E-state index in [2.05, 4.69) is 5.32 Å². The lowest BCUT2D eigenvalue weighted by Gasteiger charge is -2.19. The van der Waals surface area contributed by atoms with Crippen LogP contribution in [0.4, 0.5) is 8.78 Å². The van der Waals surface area contributed by atoms with E-state index in [0.717, 1.165) is 0 Å². The van der Waals surface area contributed by atoms with Crippen molar-refractivity contribution in [2.75, 3.05) is 6.54 Å². The summed E-state index contributed by atoms with van der Waals surface area (Å²) in [6.45, 7) is 5.73. The van der Waals surface area contributed by atoms with Crippen LogP contribution in [-0.2, 0) is 10.0 Å². The smallest absolute Gasteiger partial charge is 0.254 e. The average Bonchev–Trinajstić information content (AvgIpc) is 2.26. The van der Waals surface area contributed by atoms with Crippen LogP contribution in [0.2, 0.25) is 0 Å². The second-order valence-corrected chi connectivity index (χ2v) is 7.08. The standard InChI is InChI=1S/C12H16F2N2O3S/c1-12(2,3)6-16-11(17)8-4-7(13)5-9(10(8)14)20(15,18)19/h4-5H,6H2,1-3H3,(H,16,17)(H2,15,18,19). The second kappa shape index (κ2) is 5.45. The van der Waals surface area contributed by atoms with Gasteiger partial charge in [-0.3, -0.25) is 4.79 Å². The van der Waals surface area contributed by atoms with E-state index in [1.165, 1.54) is 0 Å². The summed E-state index contributed by atoms with van der Waals surface area (Å²) in [5.41, 5.74) is -0.958. The number of carbonyl (C=O) groups is 1. The number of sulfonamides is 1. The van der Waals surface area contributed by atoms with Crippen LogP contribution in [-0.4, -0.2) is 20.9 Å². The summed E-state index contributed by atoms with van der Waals surface area (Å²) in [6.07, 6.45) is 0. The first-order valence-corrected chi connectivity index (χ1v) is 7.26. The van der Waals surface area contributed by atoms with Gasteiger partial charge in [0, 0.05) is 6.54 Å². The van der Waals surface area contributed by atoms with E-state index in [0.29, 0.717) is 12.1 Å². The molecule has 1 amide bonds. The van der Waals surface area contributed by atoms with Gasteiger partial charge in [0.25, 0.3) is 5.91 Å². The van der Waals surface area contributed by atoms with E-state index in [1.807, 2.05) is 20.8 Å². The summed E-state index contributed by atoms with van der Waals surface area (Å²) < 4.78 is 49.5. The van der Waals surface area contributed by atoms with Gasteiger partial charge < -0.3 is 5.32 Å². The molecule has 3 N–H and O–H groups in total. The molecule has 20 heavy (non-hydrogen) atoms. The number of rotatable bonds is 3. The van der Waals surface area contributed by atoms with Crippen molar-refractivity contribution in [2.45, 2.75) is 25.7 Å². The van der Waals surface area contributed by atoms with E-state index in [4.69, 9.17) is 5.14 Å². The van der Waals surface area contributed by atoms with Crippen molar-refractivity contribution in [3.05, 3.63) is 29.3 Å². The normalized spacial score (nSPS) is 12.3. The van der Waals surface area contributed by atoms with Crippen LogP contribution in [0.5, 0.6) is 0 Å². The predicted octanol–water partition coefficient (Wildman–Crippen LogP) is 1.39. The first kappa shape index (κ1) is 16.5. The molecule has 0 radical (unpaired) electrons. The number of halogens is 2. The Morgan fingerprint density at radius 1 is 1.30 bits per heavy atom. The predicted molar refractivity (Wildman–Crippen MR) is 69.5 cm³/mol. The van der Waals surface area contributed by atoms with Crippen LogP contribution in [0.1, 0.15) is 31.1 Å². The Morgan fingerprint density at radius 2 is 1.85 bits per heavy atom. The Hall–Kier alpha value is -1.54. The Labute approximate surface area is 116 Å². The first-order valence-electron chi connectivity index (χ1n) is 5.72. The fraction of sp³-hybridized carbons (Fsp3) is 0.417. The highest BCUT2D eigenvalue weighted by Crippen LogP contribution is 2.19. The summed E-state index contributed by atoms with van der Waals surface area (Å²) in [7, 11) is -4.45. The Bertz CT molecular complexity index is 637. The van der Waals surface area contributed by atoms with Crippen LogP contribution >= 0.6 is 0 Å². The van der Waals surface area contributed by atoms with Crippen molar-refractivity contribution < 1.29 is 22.0 Å². The van der Waals surface area contributed by atoms with Gasteiger partial charge >= 0.3 is 0 Å². The summed E-state index contributed by atoms with van der Waals surface area (Å²) >= 11 is 0. The third-order valence-electron chi connectivity index (χ3n) is 2.33. The largest absolute Gasteiger partial charge is 0.351 e. The van der Waals surface area contributed by atoms with Crippen molar-refractivity contribution >= 4 is 15.9 Å². The first-order chi connectivity index (χ1) is 8.92. The minimum absolute atomic E-state index is 0.215. The number of amides is 1. The van der Waals surface area contributed by atoms with Crippen molar-refractivity contribution in [3.63, 3.8) is 0 Å². The molecule has 1 aromatic rings. The van der Waals surface area contributed by atoms with Gasteiger partial charge in [0.1, 0.15) is 10.7 Å². The molecule has 0 aliphatic rings. The Balaban J connectivity index is 3.20. The van der Waals surface area contributed by atoms with Crippen molar-refractivity contribution in [3.8, 4) is 0 Å². The third kappa shape index (κ3) is 4.24. The molecule has 0 spiro atoms. The van der Waals surface area contributed by atoms with Crippen molar-refractivity contribution in [2.24, 2.45) is 10.6 Å². The van der Waals surface area contributed by atoms with E-state index in [9.17, 15) is 22.0 Å². The van der Waals surface area contributed by atoms with Crippen LogP contribution in [0.15, 0.2) is 17.0 Å². The Kier molecular flexibility index (Phi) is 4.50. The molecule has 5 nitrogen and oxygen atoms in total. The molecule has 0 heterocycles. The van der Waals surface area contributed by atoms with Gasteiger partial charge in [0.05, 0.1) is 5.56 Å². The summed E-state index contributed by atoms with van der Waals surface area (Å²) in [4.78, 5) is 10.7. The van der Waals surface area contributed by atoms with Gasteiger partial charge in [0.2, 0.25) is 10.0 Å². The maximum atomic E-state index is 13.9. The zero-order valence-corrected chi connectivity index (χ0v) is 12.1. The lowest BCUT2D eigenvalue weighted by Crippen LogP contribution is -2.33. The fourth-order valence-corrected chi connectivity index (χ4v) is 2.01. The quantitative estimate of drug-likeness (QED) is 0.884. The molecule has 0 unspecified atom stereocenters. The molecular weight excluding hydrogens is 290 g/mol.